The Balaban J connectivity index is 2.18. The lowest BCUT2D eigenvalue weighted by atomic mass is 10.2. The average molecular weight is 260 g/mol. The largest absolute Gasteiger partial charge is 0.355 e. The molecule has 1 aromatic heterocycles. The third-order valence-corrected chi connectivity index (χ3v) is 2.70. The number of rotatable bonds is 2. The zero-order chi connectivity index (χ0) is 9.97. The molecule has 0 radical (unpaired) electrons. The van der Waals surface area contributed by atoms with Crippen LogP contribution in [0, 0.1) is 0 Å². The highest BCUT2D eigenvalue weighted by Gasteiger charge is 2.19. The number of carbonyl (C=O) groups excluding carboxylic acids is 1. The summed E-state index contributed by atoms with van der Waals surface area (Å²) in [6, 6.07) is 0. The van der Waals surface area contributed by atoms with Crippen LogP contribution in [0.5, 0.6) is 0 Å². The van der Waals surface area contributed by atoms with Crippen molar-refractivity contribution in [1.82, 2.24) is 15.0 Å². The van der Waals surface area contributed by atoms with Crippen molar-refractivity contribution in [2.45, 2.75) is 25.5 Å². The molecule has 1 aromatic rings. The monoisotopic (exact) mass is 259 g/mol. The van der Waals surface area contributed by atoms with Crippen LogP contribution in [-0.2, 0) is 4.74 Å². The minimum atomic E-state index is -0.117. The smallest absolute Gasteiger partial charge is 0.173 e. The summed E-state index contributed by atoms with van der Waals surface area (Å²) in [5.74, 6) is 0. The summed E-state index contributed by atoms with van der Waals surface area (Å²) in [5, 5.41) is 8.09. The van der Waals surface area contributed by atoms with Gasteiger partial charge in [0.25, 0.3) is 0 Å². The maximum absolute atomic E-state index is 10.5. The summed E-state index contributed by atoms with van der Waals surface area (Å²) >= 11 is 3.16. The van der Waals surface area contributed by atoms with E-state index in [0.29, 0.717) is 16.6 Å². The van der Waals surface area contributed by atoms with E-state index in [-0.39, 0.29) is 6.23 Å². The molecule has 0 aliphatic carbocycles. The number of aromatic nitrogens is 3. The van der Waals surface area contributed by atoms with Gasteiger partial charge in [0, 0.05) is 6.61 Å². The minimum absolute atomic E-state index is 0.117. The van der Waals surface area contributed by atoms with Crippen molar-refractivity contribution in [3.63, 3.8) is 0 Å². The molecule has 0 aromatic carbocycles. The molecule has 14 heavy (non-hydrogen) atoms. The van der Waals surface area contributed by atoms with Gasteiger partial charge in [0.15, 0.2) is 22.8 Å². The van der Waals surface area contributed by atoms with Gasteiger partial charge in [-0.05, 0) is 35.2 Å². The highest BCUT2D eigenvalue weighted by atomic mass is 79.9. The predicted octanol–water partition coefficient (Wildman–Crippen LogP) is 1.55. The summed E-state index contributed by atoms with van der Waals surface area (Å²) in [5.41, 5.74) is 0.319. The molecule has 2 rings (SSSR count). The highest BCUT2D eigenvalue weighted by molar-refractivity contribution is 9.10. The van der Waals surface area contributed by atoms with Gasteiger partial charge in [-0.2, -0.15) is 4.80 Å². The number of halogens is 1. The molecule has 1 atom stereocenters. The fraction of sp³-hybridized carbons (Fsp3) is 0.625. The second-order valence-corrected chi connectivity index (χ2v) is 3.89. The van der Waals surface area contributed by atoms with Crippen molar-refractivity contribution in [1.29, 1.82) is 0 Å². The molecule has 1 fully saturated rings. The number of ether oxygens (including phenoxy) is 1. The van der Waals surface area contributed by atoms with Crippen LogP contribution < -0.4 is 0 Å². The number of nitrogens with zero attached hydrogens (tertiary/aromatic N) is 3. The number of carbonyl (C=O) groups is 1. The molecule has 0 bridgehead atoms. The lowest BCUT2D eigenvalue weighted by Crippen LogP contribution is -2.20. The van der Waals surface area contributed by atoms with Crippen LogP contribution in [0.3, 0.4) is 0 Å². The van der Waals surface area contributed by atoms with Crippen LogP contribution in [0.25, 0.3) is 0 Å². The van der Waals surface area contributed by atoms with Crippen LogP contribution >= 0.6 is 15.9 Å². The van der Waals surface area contributed by atoms with E-state index < -0.39 is 0 Å². The molecule has 0 spiro atoms. The molecular weight excluding hydrogens is 250 g/mol. The van der Waals surface area contributed by atoms with E-state index >= 15 is 0 Å². The molecule has 0 amide bonds. The Labute approximate surface area is 89.6 Å². The fourth-order valence-corrected chi connectivity index (χ4v) is 1.76. The Kier molecular flexibility index (Phi) is 2.93. The molecule has 0 saturated carbocycles. The molecule has 6 heteroatoms. The van der Waals surface area contributed by atoms with Gasteiger partial charge in [-0.3, -0.25) is 4.79 Å². The van der Waals surface area contributed by atoms with E-state index in [1.807, 2.05) is 0 Å². The molecule has 5 nitrogen and oxygen atoms in total. The highest BCUT2D eigenvalue weighted by Crippen LogP contribution is 2.22. The first-order valence-electron chi connectivity index (χ1n) is 4.50. The predicted molar refractivity (Wildman–Crippen MR) is 51.9 cm³/mol. The zero-order valence-electron chi connectivity index (χ0n) is 7.52. The van der Waals surface area contributed by atoms with Gasteiger partial charge in [0.2, 0.25) is 0 Å². The van der Waals surface area contributed by atoms with Gasteiger partial charge in [-0.1, -0.05) is 0 Å². The maximum atomic E-state index is 10.5. The number of aldehydes is 1. The zero-order valence-corrected chi connectivity index (χ0v) is 9.11. The first-order chi connectivity index (χ1) is 6.81. The van der Waals surface area contributed by atoms with E-state index in [2.05, 4.69) is 26.1 Å². The molecule has 1 unspecified atom stereocenters. The summed E-state index contributed by atoms with van der Waals surface area (Å²) < 4.78 is 5.95. The van der Waals surface area contributed by atoms with Crippen molar-refractivity contribution in [2.24, 2.45) is 0 Å². The van der Waals surface area contributed by atoms with Gasteiger partial charge in [-0.15, -0.1) is 10.2 Å². The second kappa shape index (κ2) is 4.18. The first kappa shape index (κ1) is 9.79. The normalized spacial score (nSPS) is 22.2. The summed E-state index contributed by atoms with van der Waals surface area (Å²) in [7, 11) is 0. The topological polar surface area (TPSA) is 57.0 Å². The van der Waals surface area contributed by atoms with Crippen LogP contribution in [0.4, 0.5) is 0 Å². The maximum Gasteiger partial charge on any atom is 0.173 e. The van der Waals surface area contributed by atoms with E-state index in [4.69, 9.17) is 4.74 Å². The lowest BCUT2D eigenvalue weighted by molar-refractivity contribution is -0.0482. The Morgan fingerprint density at radius 2 is 2.36 bits per heavy atom. The molecule has 1 aliphatic rings. The lowest BCUT2D eigenvalue weighted by Gasteiger charge is -2.21. The summed E-state index contributed by atoms with van der Waals surface area (Å²) in [6.45, 7) is 0.736. The van der Waals surface area contributed by atoms with Crippen LogP contribution in [0.1, 0.15) is 36.0 Å². The van der Waals surface area contributed by atoms with Gasteiger partial charge in [0.1, 0.15) is 0 Å². The molecule has 2 heterocycles. The molecule has 76 valence electrons. The van der Waals surface area contributed by atoms with Gasteiger partial charge >= 0.3 is 0 Å². The molecular formula is C8H10BrN3O2. The van der Waals surface area contributed by atoms with Crippen LogP contribution in [0.2, 0.25) is 0 Å². The van der Waals surface area contributed by atoms with Crippen molar-refractivity contribution < 1.29 is 9.53 Å². The number of hydrogen-bond acceptors (Lipinski definition) is 4. The van der Waals surface area contributed by atoms with E-state index in [0.717, 1.165) is 25.9 Å². The standard InChI is InChI=1S/C8H10BrN3O2/c9-8-6(5-13)10-12(11-8)7-3-1-2-4-14-7/h5,7H,1-4H2. The van der Waals surface area contributed by atoms with Gasteiger partial charge in [-0.25, -0.2) is 0 Å². The Hall–Kier alpha value is -0.750. The van der Waals surface area contributed by atoms with Gasteiger partial charge < -0.3 is 4.74 Å². The average Bonchev–Trinajstić information content (AvgIpc) is 2.61. The van der Waals surface area contributed by atoms with Crippen LogP contribution in [0.15, 0.2) is 4.60 Å². The minimum Gasteiger partial charge on any atom is -0.355 e. The second-order valence-electron chi connectivity index (χ2n) is 3.14. The van der Waals surface area contributed by atoms with E-state index in [1.165, 1.54) is 4.80 Å². The van der Waals surface area contributed by atoms with E-state index in [1.54, 1.807) is 0 Å². The third kappa shape index (κ3) is 1.85. The van der Waals surface area contributed by atoms with Crippen LogP contribution in [-0.4, -0.2) is 27.9 Å². The van der Waals surface area contributed by atoms with E-state index in [9.17, 15) is 4.79 Å². The number of hydrogen-bond donors (Lipinski definition) is 0. The fourth-order valence-electron chi connectivity index (χ4n) is 1.42. The SMILES string of the molecule is O=Cc1nn(C2CCCCO2)nc1Br. The third-order valence-electron chi connectivity index (χ3n) is 2.14. The first-order valence-corrected chi connectivity index (χ1v) is 5.29. The Bertz CT molecular complexity index is 333. The Morgan fingerprint density at radius 1 is 1.50 bits per heavy atom. The Morgan fingerprint density at radius 3 is 2.93 bits per heavy atom. The van der Waals surface area contributed by atoms with Gasteiger partial charge in [0.05, 0.1) is 0 Å². The van der Waals surface area contributed by atoms with Crippen molar-refractivity contribution in [3.8, 4) is 0 Å². The van der Waals surface area contributed by atoms with Crippen molar-refractivity contribution in [3.05, 3.63) is 10.3 Å². The van der Waals surface area contributed by atoms with Crippen molar-refractivity contribution in [2.75, 3.05) is 6.61 Å². The molecule has 1 aliphatic heterocycles. The summed E-state index contributed by atoms with van der Waals surface area (Å²) in [6.07, 6.45) is 3.66. The quantitative estimate of drug-likeness (QED) is 0.757. The van der Waals surface area contributed by atoms with Crippen molar-refractivity contribution >= 4 is 22.2 Å². The molecule has 0 N–H and O–H groups in total. The summed E-state index contributed by atoms with van der Waals surface area (Å²) in [4.78, 5) is 12.0. The molecule has 1 saturated heterocycles.